The van der Waals surface area contributed by atoms with Crippen molar-refractivity contribution in [1.82, 2.24) is 10.2 Å². The molecular formula is C15H28N2. The second-order valence-corrected chi connectivity index (χ2v) is 6.48. The van der Waals surface area contributed by atoms with Gasteiger partial charge in [-0.05, 0) is 64.0 Å². The first-order chi connectivity index (χ1) is 8.38. The van der Waals surface area contributed by atoms with E-state index in [-0.39, 0.29) is 0 Å². The highest BCUT2D eigenvalue weighted by molar-refractivity contribution is 4.93. The van der Waals surface area contributed by atoms with Gasteiger partial charge in [-0.25, -0.2) is 0 Å². The molecule has 0 aromatic rings. The number of nitrogens with one attached hydrogen (secondary N) is 1. The van der Waals surface area contributed by atoms with E-state index in [4.69, 9.17) is 0 Å². The summed E-state index contributed by atoms with van der Waals surface area (Å²) in [5.41, 5.74) is 0. The van der Waals surface area contributed by atoms with Gasteiger partial charge in [-0.3, -0.25) is 4.90 Å². The van der Waals surface area contributed by atoms with Crippen molar-refractivity contribution in [1.29, 1.82) is 0 Å². The van der Waals surface area contributed by atoms with E-state index in [1.807, 2.05) is 0 Å². The third kappa shape index (κ3) is 2.68. The molecule has 2 nitrogen and oxygen atoms in total. The van der Waals surface area contributed by atoms with E-state index in [1.54, 1.807) is 0 Å². The zero-order chi connectivity index (χ0) is 11.7. The average molecular weight is 236 g/mol. The van der Waals surface area contributed by atoms with Crippen molar-refractivity contribution in [2.75, 3.05) is 20.1 Å². The van der Waals surface area contributed by atoms with Crippen LogP contribution in [0.1, 0.15) is 51.4 Å². The molecule has 0 bridgehead atoms. The summed E-state index contributed by atoms with van der Waals surface area (Å²) < 4.78 is 0. The van der Waals surface area contributed by atoms with Crippen LogP contribution in [0.2, 0.25) is 0 Å². The maximum absolute atomic E-state index is 3.57. The molecule has 2 heteroatoms. The van der Waals surface area contributed by atoms with Gasteiger partial charge in [0.05, 0.1) is 0 Å². The lowest BCUT2D eigenvalue weighted by molar-refractivity contribution is 0.0516. The molecule has 3 unspecified atom stereocenters. The molecule has 3 fully saturated rings. The van der Waals surface area contributed by atoms with Gasteiger partial charge >= 0.3 is 0 Å². The summed E-state index contributed by atoms with van der Waals surface area (Å²) in [6.45, 7) is 2.69. The summed E-state index contributed by atoms with van der Waals surface area (Å²) in [5, 5.41) is 3.57. The van der Waals surface area contributed by atoms with Gasteiger partial charge in [0.25, 0.3) is 0 Å². The molecule has 3 rings (SSSR count). The molecule has 0 spiro atoms. The Bertz CT molecular complexity index is 247. The van der Waals surface area contributed by atoms with Crippen molar-refractivity contribution in [2.24, 2.45) is 11.8 Å². The summed E-state index contributed by atoms with van der Waals surface area (Å²) in [5.74, 6) is 2.03. The number of hydrogen-bond donors (Lipinski definition) is 1. The van der Waals surface area contributed by atoms with Crippen LogP contribution >= 0.6 is 0 Å². The predicted octanol–water partition coefficient (Wildman–Crippen LogP) is 2.64. The summed E-state index contributed by atoms with van der Waals surface area (Å²) in [6.07, 6.45) is 11.8. The Hall–Kier alpha value is -0.0800. The summed E-state index contributed by atoms with van der Waals surface area (Å²) in [4.78, 5) is 2.84. The second kappa shape index (κ2) is 5.27. The number of likely N-dealkylation sites (N-methyl/N-ethyl adjacent to an activating group) is 1. The van der Waals surface area contributed by atoms with Crippen LogP contribution in [0.4, 0.5) is 0 Å². The van der Waals surface area contributed by atoms with E-state index in [1.165, 1.54) is 64.5 Å². The van der Waals surface area contributed by atoms with Gasteiger partial charge in [0, 0.05) is 18.6 Å². The number of nitrogens with zero attached hydrogens (tertiary/aromatic N) is 1. The Kier molecular flexibility index (Phi) is 3.72. The van der Waals surface area contributed by atoms with E-state index in [2.05, 4.69) is 17.3 Å². The smallest absolute Gasteiger partial charge is 0.0220 e. The van der Waals surface area contributed by atoms with Gasteiger partial charge in [0.15, 0.2) is 0 Å². The molecule has 0 amide bonds. The third-order valence-electron chi connectivity index (χ3n) is 5.35. The first-order valence-electron chi connectivity index (χ1n) is 7.80. The predicted molar refractivity (Wildman–Crippen MR) is 72.1 cm³/mol. The monoisotopic (exact) mass is 236 g/mol. The normalized spacial score (nSPS) is 36.5. The van der Waals surface area contributed by atoms with Gasteiger partial charge in [0.1, 0.15) is 0 Å². The summed E-state index contributed by atoms with van der Waals surface area (Å²) in [6, 6.07) is 1.71. The first kappa shape index (κ1) is 12.0. The van der Waals surface area contributed by atoms with Crippen molar-refractivity contribution >= 4 is 0 Å². The fourth-order valence-electron chi connectivity index (χ4n) is 4.18. The number of likely N-dealkylation sites (tertiary alicyclic amines) is 1. The molecule has 17 heavy (non-hydrogen) atoms. The zero-order valence-electron chi connectivity index (χ0n) is 11.3. The minimum Gasteiger partial charge on any atom is -0.315 e. The van der Waals surface area contributed by atoms with E-state index >= 15 is 0 Å². The first-order valence-corrected chi connectivity index (χ1v) is 7.80. The highest BCUT2D eigenvalue weighted by Gasteiger charge is 2.37. The van der Waals surface area contributed by atoms with Crippen molar-refractivity contribution in [3.05, 3.63) is 0 Å². The second-order valence-electron chi connectivity index (χ2n) is 6.48. The van der Waals surface area contributed by atoms with Crippen molar-refractivity contribution in [2.45, 2.75) is 63.5 Å². The van der Waals surface area contributed by atoms with E-state index in [0.29, 0.717) is 0 Å². The van der Waals surface area contributed by atoms with Crippen molar-refractivity contribution in [3.8, 4) is 0 Å². The van der Waals surface area contributed by atoms with Crippen molar-refractivity contribution < 1.29 is 0 Å². The summed E-state index contributed by atoms with van der Waals surface area (Å²) in [7, 11) is 2.16. The van der Waals surface area contributed by atoms with Crippen LogP contribution < -0.4 is 5.32 Å². The third-order valence-corrected chi connectivity index (χ3v) is 5.35. The minimum atomic E-state index is 0.774. The van der Waals surface area contributed by atoms with Crippen LogP contribution in [0.5, 0.6) is 0 Å². The SMILES string of the molecule is CNC(CN1CCCC2CCCCC21)C1CC1. The lowest BCUT2D eigenvalue weighted by atomic mass is 9.78. The highest BCUT2D eigenvalue weighted by atomic mass is 15.2. The van der Waals surface area contributed by atoms with Crippen LogP contribution in [0.25, 0.3) is 0 Å². The van der Waals surface area contributed by atoms with Crippen LogP contribution in [-0.2, 0) is 0 Å². The maximum atomic E-state index is 3.57. The number of piperidine rings is 1. The van der Waals surface area contributed by atoms with Crippen LogP contribution in [0, 0.1) is 11.8 Å². The molecule has 1 heterocycles. The molecule has 1 aliphatic heterocycles. The molecule has 1 saturated heterocycles. The minimum absolute atomic E-state index is 0.774. The zero-order valence-corrected chi connectivity index (χ0v) is 11.3. The fraction of sp³-hybridized carbons (Fsp3) is 1.00. The molecule has 2 saturated carbocycles. The van der Waals surface area contributed by atoms with Crippen LogP contribution in [0.3, 0.4) is 0 Å². The molecular weight excluding hydrogens is 208 g/mol. The Morgan fingerprint density at radius 3 is 2.59 bits per heavy atom. The Morgan fingerprint density at radius 2 is 1.82 bits per heavy atom. The molecule has 0 radical (unpaired) electrons. The quantitative estimate of drug-likeness (QED) is 0.807. The van der Waals surface area contributed by atoms with E-state index in [9.17, 15) is 0 Å². The van der Waals surface area contributed by atoms with Crippen LogP contribution in [0.15, 0.2) is 0 Å². The molecule has 2 aliphatic carbocycles. The Labute approximate surface area is 106 Å². The van der Waals surface area contributed by atoms with Gasteiger partial charge in [-0.2, -0.15) is 0 Å². The van der Waals surface area contributed by atoms with Gasteiger partial charge < -0.3 is 5.32 Å². The summed E-state index contributed by atoms with van der Waals surface area (Å²) >= 11 is 0. The van der Waals surface area contributed by atoms with Crippen LogP contribution in [-0.4, -0.2) is 37.1 Å². The molecule has 3 atom stereocenters. The lowest BCUT2D eigenvalue weighted by Crippen LogP contribution is -2.51. The highest BCUT2D eigenvalue weighted by Crippen LogP contribution is 2.37. The van der Waals surface area contributed by atoms with E-state index < -0.39 is 0 Å². The van der Waals surface area contributed by atoms with Crippen molar-refractivity contribution in [3.63, 3.8) is 0 Å². The van der Waals surface area contributed by atoms with Gasteiger partial charge in [-0.1, -0.05) is 12.8 Å². The standard InChI is InChI=1S/C15H28N2/c1-16-14(12-8-9-12)11-17-10-4-6-13-5-2-3-7-15(13)17/h12-16H,2-11H2,1H3. The fourth-order valence-corrected chi connectivity index (χ4v) is 4.18. The molecule has 98 valence electrons. The maximum Gasteiger partial charge on any atom is 0.0220 e. The molecule has 0 aromatic carbocycles. The average Bonchev–Trinajstić information content (AvgIpc) is 3.20. The molecule has 0 aromatic heterocycles. The molecule has 3 aliphatic rings. The van der Waals surface area contributed by atoms with Gasteiger partial charge in [-0.15, -0.1) is 0 Å². The molecule has 1 N–H and O–H groups in total. The lowest BCUT2D eigenvalue weighted by Gasteiger charge is -2.45. The Balaban J connectivity index is 1.60. The van der Waals surface area contributed by atoms with E-state index in [0.717, 1.165) is 23.9 Å². The Morgan fingerprint density at radius 1 is 1.06 bits per heavy atom. The number of fused-ring (bicyclic) bond motifs is 1. The van der Waals surface area contributed by atoms with Gasteiger partial charge in [0.2, 0.25) is 0 Å². The largest absolute Gasteiger partial charge is 0.315 e. The topological polar surface area (TPSA) is 15.3 Å². The number of rotatable bonds is 4. The number of hydrogen-bond acceptors (Lipinski definition) is 2.